The molecule has 0 aliphatic rings. The maximum Gasteiger partial charge on any atom is 0.346 e. The molecule has 0 radical (unpaired) electrons. The fraction of sp³-hybridized carbons (Fsp3) is 0.294. The summed E-state index contributed by atoms with van der Waals surface area (Å²) >= 11 is 13.1. The minimum Gasteiger partial charge on any atom is -0.477 e. The second-order valence-electron chi connectivity index (χ2n) is 5.15. The van der Waals surface area contributed by atoms with Crippen molar-refractivity contribution in [2.45, 2.75) is 6.92 Å². The first kappa shape index (κ1) is 19.5. The lowest BCUT2D eigenvalue weighted by atomic mass is 10.0. The molecule has 0 aliphatic carbocycles. The molecule has 0 spiro atoms. The molecule has 2 rings (SSSR count). The Morgan fingerprint density at radius 2 is 2.12 bits per heavy atom. The molecule has 5 nitrogen and oxygen atoms in total. The highest BCUT2D eigenvalue weighted by Gasteiger charge is 2.26. The van der Waals surface area contributed by atoms with E-state index < -0.39 is 5.97 Å². The number of hydrogen-bond donors (Lipinski definition) is 1. The summed E-state index contributed by atoms with van der Waals surface area (Å²) in [5, 5.41) is 20.5. The molecule has 0 unspecified atom stereocenters. The smallest absolute Gasteiger partial charge is 0.346 e. The van der Waals surface area contributed by atoms with Gasteiger partial charge in [-0.05, 0) is 24.6 Å². The zero-order valence-corrected chi connectivity index (χ0v) is 16.0. The number of anilines is 1. The van der Waals surface area contributed by atoms with Crippen molar-refractivity contribution in [2.24, 2.45) is 0 Å². The van der Waals surface area contributed by atoms with Crippen molar-refractivity contribution < 1.29 is 14.6 Å². The molecular weight excluding hydrogens is 383 g/mol. The number of carboxylic acid groups (broad SMARTS) is 1. The number of thiophene rings is 1. The van der Waals surface area contributed by atoms with Gasteiger partial charge in [0.2, 0.25) is 0 Å². The molecule has 8 heteroatoms. The molecule has 25 heavy (non-hydrogen) atoms. The predicted octanol–water partition coefficient (Wildman–Crippen LogP) is 4.76. The van der Waals surface area contributed by atoms with Crippen LogP contribution in [0.4, 0.5) is 5.00 Å². The Morgan fingerprint density at radius 3 is 2.68 bits per heavy atom. The highest BCUT2D eigenvalue weighted by Crippen LogP contribution is 2.42. The van der Waals surface area contributed by atoms with Crippen molar-refractivity contribution in [3.05, 3.63) is 38.7 Å². The van der Waals surface area contributed by atoms with Gasteiger partial charge in [0.25, 0.3) is 0 Å². The monoisotopic (exact) mass is 398 g/mol. The van der Waals surface area contributed by atoms with Crippen LogP contribution in [0.15, 0.2) is 18.2 Å². The van der Waals surface area contributed by atoms with Gasteiger partial charge in [-0.1, -0.05) is 29.3 Å². The van der Waals surface area contributed by atoms with E-state index in [1.165, 1.54) is 0 Å². The molecule has 1 aromatic heterocycles. The summed E-state index contributed by atoms with van der Waals surface area (Å²) in [4.78, 5) is 13.6. The summed E-state index contributed by atoms with van der Waals surface area (Å²) in [5.74, 6) is -1.09. The van der Waals surface area contributed by atoms with Crippen LogP contribution < -0.4 is 4.90 Å². The van der Waals surface area contributed by atoms with Crippen molar-refractivity contribution in [3.63, 3.8) is 0 Å². The topological polar surface area (TPSA) is 73.6 Å². The second-order valence-corrected chi connectivity index (χ2v) is 6.96. The minimum atomic E-state index is -1.09. The van der Waals surface area contributed by atoms with Crippen molar-refractivity contribution in [3.8, 4) is 17.2 Å². The first-order chi connectivity index (χ1) is 11.9. The molecule has 2 aromatic rings. The normalized spacial score (nSPS) is 10.5. The molecule has 1 heterocycles. The third-order valence-corrected chi connectivity index (χ3v) is 5.56. The van der Waals surface area contributed by atoms with Crippen LogP contribution in [0.1, 0.15) is 22.2 Å². The number of aromatic carboxylic acids is 1. The number of benzene rings is 1. The van der Waals surface area contributed by atoms with Gasteiger partial charge in [0, 0.05) is 25.8 Å². The predicted molar refractivity (Wildman–Crippen MR) is 101 cm³/mol. The first-order valence-electron chi connectivity index (χ1n) is 7.45. The van der Waals surface area contributed by atoms with Crippen LogP contribution in [-0.4, -0.2) is 37.9 Å². The van der Waals surface area contributed by atoms with E-state index in [9.17, 15) is 15.2 Å². The van der Waals surface area contributed by atoms with E-state index in [1.54, 1.807) is 25.2 Å². The van der Waals surface area contributed by atoms with Crippen LogP contribution >= 0.6 is 34.5 Å². The molecule has 0 saturated carbocycles. The number of hydrogen-bond acceptors (Lipinski definition) is 5. The summed E-state index contributed by atoms with van der Waals surface area (Å²) in [6.07, 6.45) is 0. The Balaban J connectivity index is 2.56. The molecule has 0 atom stereocenters. The quantitative estimate of drug-likeness (QED) is 0.680. The van der Waals surface area contributed by atoms with Crippen molar-refractivity contribution >= 4 is 45.5 Å². The van der Waals surface area contributed by atoms with E-state index in [0.29, 0.717) is 51.5 Å². The van der Waals surface area contributed by atoms with Crippen molar-refractivity contribution in [1.82, 2.24) is 0 Å². The third-order valence-electron chi connectivity index (χ3n) is 3.53. The average Bonchev–Trinajstić information content (AvgIpc) is 2.97. The minimum absolute atomic E-state index is 0.0909. The van der Waals surface area contributed by atoms with Gasteiger partial charge in [-0.25, -0.2) is 4.79 Å². The number of nitriles is 1. The molecule has 0 aliphatic heterocycles. The largest absolute Gasteiger partial charge is 0.477 e. The fourth-order valence-electron chi connectivity index (χ4n) is 2.32. The Bertz CT molecular complexity index is 830. The Kier molecular flexibility index (Phi) is 6.68. The molecule has 1 N–H and O–H groups in total. The molecule has 132 valence electrons. The van der Waals surface area contributed by atoms with E-state index in [4.69, 9.17) is 27.9 Å². The fourth-order valence-corrected chi connectivity index (χ4v) is 3.71. The molecule has 0 bridgehead atoms. The van der Waals surface area contributed by atoms with Gasteiger partial charge < -0.3 is 14.7 Å². The highest BCUT2D eigenvalue weighted by atomic mass is 35.5. The van der Waals surface area contributed by atoms with E-state index in [-0.39, 0.29) is 4.88 Å². The number of rotatable bonds is 7. The van der Waals surface area contributed by atoms with Crippen LogP contribution in [-0.2, 0) is 4.74 Å². The second kappa shape index (κ2) is 8.54. The van der Waals surface area contributed by atoms with Crippen molar-refractivity contribution in [1.29, 1.82) is 5.26 Å². The lowest BCUT2D eigenvalue weighted by molar-refractivity contribution is 0.0703. The number of ether oxygens (including phenoxy) is 1. The maximum absolute atomic E-state index is 11.7. The Morgan fingerprint density at radius 1 is 1.40 bits per heavy atom. The van der Waals surface area contributed by atoms with Crippen LogP contribution in [0.2, 0.25) is 10.0 Å². The van der Waals surface area contributed by atoms with Gasteiger partial charge in [0.15, 0.2) is 0 Å². The number of carboxylic acids is 1. The summed E-state index contributed by atoms with van der Waals surface area (Å²) in [6, 6.07) is 6.95. The van der Waals surface area contributed by atoms with E-state index in [2.05, 4.69) is 6.07 Å². The maximum atomic E-state index is 11.7. The molecular formula is C17H16Cl2N2O3S. The highest BCUT2D eigenvalue weighted by molar-refractivity contribution is 7.18. The van der Waals surface area contributed by atoms with Crippen molar-refractivity contribution in [2.75, 3.05) is 31.7 Å². The van der Waals surface area contributed by atoms with Gasteiger partial charge in [0.1, 0.15) is 15.9 Å². The third kappa shape index (κ3) is 4.25. The summed E-state index contributed by atoms with van der Waals surface area (Å²) in [5.41, 5.74) is 1.21. The number of likely N-dealkylation sites (N-methyl/N-ethyl adjacent to an activating group) is 1. The lowest BCUT2D eigenvalue weighted by Crippen LogP contribution is -2.22. The number of nitrogens with zero attached hydrogens (tertiary/aromatic N) is 2. The summed E-state index contributed by atoms with van der Waals surface area (Å²) in [7, 11) is 1.80. The van der Waals surface area contributed by atoms with Gasteiger partial charge >= 0.3 is 5.97 Å². The van der Waals surface area contributed by atoms with E-state index >= 15 is 0 Å². The van der Waals surface area contributed by atoms with Crippen LogP contribution in [0, 0.1) is 11.3 Å². The summed E-state index contributed by atoms with van der Waals surface area (Å²) < 4.78 is 5.33. The molecule has 1 aromatic carbocycles. The van der Waals surface area contributed by atoms with E-state index in [1.807, 2.05) is 11.8 Å². The molecule has 0 fully saturated rings. The number of carbonyl (C=O) groups is 1. The van der Waals surface area contributed by atoms with Gasteiger partial charge in [0.05, 0.1) is 22.2 Å². The van der Waals surface area contributed by atoms with Crippen LogP contribution in [0.25, 0.3) is 11.1 Å². The van der Waals surface area contributed by atoms with Gasteiger partial charge in [-0.2, -0.15) is 5.26 Å². The average molecular weight is 399 g/mol. The standard InChI is InChI=1S/C17H16Cl2N2O3S/c1-3-24-7-6-21(2)16-11(9-20)14(15(25-16)17(22)23)10-4-5-12(18)13(19)8-10/h4-5,8H,3,6-7H2,1-2H3,(H,22,23). The van der Waals surface area contributed by atoms with Crippen LogP contribution in [0.5, 0.6) is 0 Å². The molecule has 0 amide bonds. The van der Waals surface area contributed by atoms with Crippen LogP contribution in [0.3, 0.4) is 0 Å². The lowest BCUT2D eigenvalue weighted by Gasteiger charge is -2.17. The Labute approximate surface area is 160 Å². The SMILES string of the molecule is CCOCCN(C)c1sc(C(=O)O)c(-c2ccc(Cl)c(Cl)c2)c1C#N. The van der Waals surface area contributed by atoms with Gasteiger partial charge in [-0.3, -0.25) is 0 Å². The van der Waals surface area contributed by atoms with E-state index in [0.717, 1.165) is 11.3 Å². The zero-order chi connectivity index (χ0) is 18.6. The molecule has 0 saturated heterocycles. The zero-order valence-electron chi connectivity index (χ0n) is 13.7. The summed E-state index contributed by atoms with van der Waals surface area (Å²) in [6.45, 7) is 3.53. The number of halogens is 2. The van der Waals surface area contributed by atoms with Gasteiger partial charge in [-0.15, -0.1) is 11.3 Å². The first-order valence-corrected chi connectivity index (χ1v) is 9.02. The Hall–Kier alpha value is -1.78.